The first-order valence-corrected chi connectivity index (χ1v) is 21.9. The highest BCUT2D eigenvalue weighted by Crippen LogP contribution is 2.53. The number of anilines is 2. The van der Waals surface area contributed by atoms with Gasteiger partial charge >= 0.3 is 15.6 Å². The number of aromatic nitrogens is 8. The van der Waals surface area contributed by atoms with Gasteiger partial charge in [0.2, 0.25) is 5.95 Å². The molecule has 26 heteroatoms. The van der Waals surface area contributed by atoms with Gasteiger partial charge in [0.15, 0.2) is 49.6 Å². The van der Waals surface area contributed by atoms with Gasteiger partial charge in [0.1, 0.15) is 42.4 Å². The van der Waals surface area contributed by atoms with E-state index in [9.17, 15) is 23.7 Å². The van der Waals surface area contributed by atoms with Gasteiger partial charge in [-0.25, -0.2) is 38.5 Å². The van der Waals surface area contributed by atoms with Crippen LogP contribution in [0.15, 0.2) is 23.8 Å². The molecule has 2 bridgehead atoms. The molecule has 52 heavy (non-hydrogen) atoms. The van der Waals surface area contributed by atoms with Crippen LogP contribution in [-0.4, -0.2) is 107 Å². The van der Waals surface area contributed by atoms with E-state index in [4.69, 9.17) is 38.9 Å². The minimum atomic E-state index is -5.19. The number of fused-ring (bicyclic) bond motifs is 5. The molecule has 0 saturated carbocycles. The fraction of sp³-hybridized carbons (Fsp3) is 0.615. The van der Waals surface area contributed by atoms with E-state index in [0.717, 1.165) is 10.9 Å². The monoisotopic (exact) mass is 789 g/mol. The molecule has 0 spiro atoms. The molecule has 284 valence electrons. The maximum Gasteiger partial charge on any atom is 0.472 e. The van der Waals surface area contributed by atoms with E-state index in [2.05, 4.69) is 35.0 Å². The molecule has 0 aliphatic carbocycles. The molecule has 10 unspecified atom stereocenters. The first kappa shape index (κ1) is 37.1. The summed E-state index contributed by atoms with van der Waals surface area (Å²) in [4.78, 5) is 57.4. The third-order valence-electron chi connectivity index (χ3n) is 9.59. The maximum atomic E-state index is 16.1. The Balaban J connectivity index is 1.26. The van der Waals surface area contributed by atoms with Crippen LogP contribution in [0.25, 0.3) is 22.3 Å². The average molecular weight is 790 g/mol. The van der Waals surface area contributed by atoms with Crippen LogP contribution in [0.4, 0.5) is 16.2 Å². The Bertz CT molecular complexity index is 2160. The van der Waals surface area contributed by atoms with Gasteiger partial charge in [-0.3, -0.25) is 32.5 Å². The molecule has 3 fully saturated rings. The van der Waals surface area contributed by atoms with Crippen LogP contribution < -0.4 is 22.1 Å². The molecule has 0 aromatic carbocycles. The van der Waals surface area contributed by atoms with Gasteiger partial charge in [0, 0.05) is 6.54 Å². The lowest BCUT2D eigenvalue weighted by molar-refractivity contribution is -0.0583. The third kappa shape index (κ3) is 6.71. The van der Waals surface area contributed by atoms with Gasteiger partial charge in [-0.15, -0.1) is 0 Å². The summed E-state index contributed by atoms with van der Waals surface area (Å²) in [5, 5.41) is 1.97. The fourth-order valence-corrected chi connectivity index (χ4v) is 9.26. The highest BCUT2D eigenvalue weighted by molar-refractivity contribution is 7.50. The van der Waals surface area contributed by atoms with Crippen LogP contribution in [0, 0.1) is 0 Å². The number of ether oxygens (including phenoxy) is 2. The fourth-order valence-electron chi connectivity index (χ4n) is 5.98. The number of halogens is 1. The Labute approximate surface area is 294 Å². The van der Waals surface area contributed by atoms with Gasteiger partial charge in [0.05, 0.1) is 19.3 Å². The zero-order valence-electron chi connectivity index (χ0n) is 28.4. The zero-order chi connectivity index (χ0) is 37.5. The van der Waals surface area contributed by atoms with E-state index in [-0.39, 0.29) is 39.1 Å². The first-order chi connectivity index (χ1) is 24.3. The van der Waals surface area contributed by atoms with Crippen molar-refractivity contribution in [3.63, 3.8) is 0 Å². The summed E-state index contributed by atoms with van der Waals surface area (Å²) >= 11 is 0. The van der Waals surface area contributed by atoms with E-state index < -0.39 is 91.7 Å². The number of hydrogen-bond acceptors (Lipinski definition) is 16. The molecule has 4 aromatic rings. The van der Waals surface area contributed by atoms with Gasteiger partial charge in [-0.2, -0.15) is 4.98 Å². The van der Waals surface area contributed by atoms with Crippen molar-refractivity contribution < 1.29 is 50.8 Å². The molecule has 3 aliphatic rings. The van der Waals surface area contributed by atoms with E-state index in [1.807, 2.05) is 33.9 Å². The summed E-state index contributed by atoms with van der Waals surface area (Å²) < 4.78 is 81.5. The molecule has 7 rings (SSSR count). The van der Waals surface area contributed by atoms with Crippen LogP contribution in [-0.2, 0) is 36.6 Å². The van der Waals surface area contributed by atoms with Crippen molar-refractivity contribution in [1.29, 1.82) is 0 Å². The highest BCUT2D eigenvalue weighted by Gasteiger charge is 2.56. The van der Waals surface area contributed by atoms with Gasteiger partial charge < -0.3 is 35.2 Å². The maximum absolute atomic E-state index is 16.1. The predicted molar refractivity (Wildman–Crippen MR) is 180 cm³/mol. The van der Waals surface area contributed by atoms with Crippen LogP contribution in [0.5, 0.6) is 0 Å². The normalized spacial score (nSPS) is 34.9. The van der Waals surface area contributed by atoms with Gasteiger partial charge in [-0.05, 0) is 18.1 Å². The summed E-state index contributed by atoms with van der Waals surface area (Å²) in [5.41, 5.74) is 11.2. The van der Waals surface area contributed by atoms with Crippen molar-refractivity contribution in [1.82, 2.24) is 44.1 Å². The Kier molecular flexibility index (Phi) is 9.24. The number of rotatable bonds is 4. The molecule has 0 amide bonds. The molecule has 22 nitrogen and oxygen atoms in total. The van der Waals surface area contributed by atoms with Crippen molar-refractivity contribution in [2.45, 2.75) is 88.1 Å². The Morgan fingerprint density at radius 2 is 1.65 bits per heavy atom. The van der Waals surface area contributed by atoms with Crippen molar-refractivity contribution in [2.75, 3.05) is 24.6 Å². The lowest BCUT2D eigenvalue weighted by Gasteiger charge is -2.40. The molecule has 10 atom stereocenters. The molecule has 8 N–H and O–H groups in total. The third-order valence-corrected chi connectivity index (χ3v) is 16.2. The molecular formula is C26H38FN11O11P2Si. The Hall–Kier alpha value is -3.25. The number of nitrogens with two attached hydrogens (primary N) is 2. The number of hydrogen-bond donors (Lipinski definition) is 6. The largest absolute Gasteiger partial charge is 0.472 e. The van der Waals surface area contributed by atoms with Crippen LogP contribution in [0.3, 0.4) is 0 Å². The van der Waals surface area contributed by atoms with E-state index >= 15 is 4.39 Å². The molecule has 3 aliphatic heterocycles. The number of imidazole rings is 2. The van der Waals surface area contributed by atoms with E-state index in [0.29, 0.717) is 0 Å². The van der Waals surface area contributed by atoms with Crippen LogP contribution in [0.2, 0.25) is 18.1 Å². The molecular weight excluding hydrogens is 751 g/mol. The zero-order valence-corrected chi connectivity index (χ0v) is 31.2. The smallest absolute Gasteiger partial charge is 0.407 e. The lowest BCUT2D eigenvalue weighted by Crippen LogP contribution is -2.49. The Morgan fingerprint density at radius 1 is 0.981 bits per heavy atom. The second kappa shape index (κ2) is 13.0. The van der Waals surface area contributed by atoms with Crippen molar-refractivity contribution >= 4 is 58.0 Å². The molecule has 0 radical (unpaired) electrons. The number of nitrogen functional groups attached to an aromatic ring is 2. The molecule has 4 aromatic heterocycles. The number of alkyl halides is 1. The second-order valence-corrected chi connectivity index (χ2v) is 21.8. The number of H-pyrrole nitrogens is 1. The summed E-state index contributed by atoms with van der Waals surface area (Å²) in [7, 11) is -12.8. The standard InChI is InChI=1S/C26H38FN11O11P2Si/c1-26(2,3)52(4,5)49-18-16-12(46-24(18)37-9-32-14-19(28)30-8-31-20(14)37)7-44-51(42,43)48-17-13(27)11(6-34-50(40,41)47-16)45-23(17)38-10-33-15-21(38)35-25(29)36-22(15)39/h8-13,16-18,23-24H,6-7H2,1-5H3,(H,42,43)(H2,28,30,31)(H2,34,40,41)(H3,29,35,36,39). The van der Waals surface area contributed by atoms with Crippen LogP contribution >= 0.6 is 15.6 Å². The summed E-state index contributed by atoms with van der Waals surface area (Å²) in [6.07, 6.45) is -8.61. The van der Waals surface area contributed by atoms with Crippen molar-refractivity contribution in [3.05, 3.63) is 29.3 Å². The van der Waals surface area contributed by atoms with Gasteiger partial charge in [-0.1, -0.05) is 20.8 Å². The van der Waals surface area contributed by atoms with E-state index in [1.54, 1.807) is 0 Å². The number of aromatic amines is 1. The number of phosphoric ester groups is 1. The lowest BCUT2D eigenvalue weighted by atomic mass is 10.1. The van der Waals surface area contributed by atoms with Crippen LogP contribution in [0.1, 0.15) is 33.2 Å². The number of phosphoric acid groups is 1. The topological polar surface area (TPSA) is 301 Å². The number of nitrogens with zero attached hydrogens (tertiary/aromatic N) is 7. The second-order valence-electron chi connectivity index (χ2n) is 14.1. The highest BCUT2D eigenvalue weighted by atomic mass is 31.2. The number of nitrogens with one attached hydrogen (secondary N) is 2. The summed E-state index contributed by atoms with van der Waals surface area (Å²) in [5.74, 6) is -0.203. The van der Waals surface area contributed by atoms with Crippen molar-refractivity contribution in [3.8, 4) is 0 Å². The molecule has 7 heterocycles. The first-order valence-electron chi connectivity index (χ1n) is 16.0. The minimum absolute atomic E-state index is 0.0873. The predicted octanol–water partition coefficient (Wildman–Crippen LogP) is 1.24. The van der Waals surface area contributed by atoms with E-state index in [1.165, 1.54) is 17.2 Å². The average Bonchev–Trinajstić information content (AvgIpc) is 3.80. The van der Waals surface area contributed by atoms with Crippen molar-refractivity contribution in [2.24, 2.45) is 0 Å². The summed E-state index contributed by atoms with van der Waals surface area (Å²) in [6, 6.07) is 0. The minimum Gasteiger partial charge on any atom is -0.407 e. The Morgan fingerprint density at radius 3 is 2.37 bits per heavy atom. The molecule has 3 saturated heterocycles. The summed E-state index contributed by atoms with van der Waals surface area (Å²) in [6.45, 7) is 8.43. The SMILES string of the molecule is CC(C)(C)[Si](C)(C)OC1C2OP(=O)(O)NCC3OC(n4cnc5c(=O)[nH]c(N)nc54)C(OP(=O)(O)OCC2OC1n1cnc2c(N)ncnc21)C3F. The van der Waals surface area contributed by atoms with Gasteiger partial charge in [0.25, 0.3) is 5.56 Å². The quantitative estimate of drug-likeness (QED) is 0.125.